The zero-order chi connectivity index (χ0) is 15.4. The van der Waals surface area contributed by atoms with Crippen LogP contribution in [0.2, 0.25) is 0 Å². The second-order valence-corrected chi connectivity index (χ2v) is 6.86. The number of nitrogens with zero attached hydrogens (tertiary/aromatic N) is 1. The molecule has 116 valence electrons. The van der Waals surface area contributed by atoms with Crippen LogP contribution in [0.25, 0.3) is 0 Å². The Kier molecular flexibility index (Phi) is 5.65. The van der Waals surface area contributed by atoms with Crippen molar-refractivity contribution >= 4 is 27.5 Å². The molecule has 1 unspecified atom stereocenters. The highest BCUT2D eigenvalue weighted by Gasteiger charge is 2.25. The number of nitrogen functional groups attached to an aromatic ring is 1. The molecule has 1 aromatic carbocycles. The number of amides is 1. The normalized spacial score (nSPS) is 17.1. The van der Waals surface area contributed by atoms with E-state index in [4.69, 9.17) is 5.73 Å². The summed E-state index contributed by atoms with van der Waals surface area (Å²) in [7, 11) is 0. The molecule has 1 saturated heterocycles. The Morgan fingerprint density at radius 1 is 1.38 bits per heavy atom. The number of likely N-dealkylation sites (tertiary alicyclic amines) is 1. The van der Waals surface area contributed by atoms with Crippen LogP contribution in [0.15, 0.2) is 22.7 Å². The molecular weight excluding hydrogens is 330 g/mol. The molecule has 4 nitrogen and oxygen atoms in total. The van der Waals surface area contributed by atoms with Gasteiger partial charge in [0.2, 0.25) is 0 Å². The van der Waals surface area contributed by atoms with Crippen molar-refractivity contribution in [1.82, 2.24) is 10.2 Å². The minimum Gasteiger partial charge on any atom is -0.398 e. The number of halogens is 1. The summed E-state index contributed by atoms with van der Waals surface area (Å²) in [6.07, 6.45) is 2.53. The highest BCUT2D eigenvalue weighted by Crippen LogP contribution is 2.20. The van der Waals surface area contributed by atoms with E-state index in [1.807, 2.05) is 6.07 Å². The highest BCUT2D eigenvalue weighted by molar-refractivity contribution is 9.10. The van der Waals surface area contributed by atoms with Crippen molar-refractivity contribution in [3.05, 3.63) is 28.2 Å². The van der Waals surface area contributed by atoms with Crippen molar-refractivity contribution < 1.29 is 4.79 Å². The SMILES string of the molecule is CC(C)C(CNC(=O)c1ccc(Br)c(N)c1)N1CCCC1. The van der Waals surface area contributed by atoms with Crippen LogP contribution in [0, 0.1) is 5.92 Å². The lowest BCUT2D eigenvalue weighted by molar-refractivity contribution is 0.0927. The summed E-state index contributed by atoms with van der Waals surface area (Å²) in [5.41, 5.74) is 7.02. The molecule has 21 heavy (non-hydrogen) atoms. The first-order valence-electron chi connectivity index (χ1n) is 7.56. The fraction of sp³-hybridized carbons (Fsp3) is 0.562. The smallest absolute Gasteiger partial charge is 0.251 e. The van der Waals surface area contributed by atoms with Crippen molar-refractivity contribution in [3.63, 3.8) is 0 Å². The van der Waals surface area contributed by atoms with Gasteiger partial charge in [-0.2, -0.15) is 0 Å². The lowest BCUT2D eigenvalue weighted by atomic mass is 10.0. The van der Waals surface area contributed by atoms with E-state index in [-0.39, 0.29) is 5.91 Å². The third-order valence-electron chi connectivity index (χ3n) is 4.11. The summed E-state index contributed by atoms with van der Waals surface area (Å²) in [5.74, 6) is 0.470. The monoisotopic (exact) mass is 353 g/mol. The lowest BCUT2D eigenvalue weighted by Crippen LogP contribution is -2.45. The molecule has 1 atom stereocenters. The Morgan fingerprint density at radius 2 is 2.05 bits per heavy atom. The van der Waals surface area contributed by atoms with Gasteiger partial charge in [-0.05, 0) is 66.0 Å². The van der Waals surface area contributed by atoms with Crippen LogP contribution in [0.1, 0.15) is 37.0 Å². The molecule has 1 aromatic rings. The van der Waals surface area contributed by atoms with Gasteiger partial charge >= 0.3 is 0 Å². The Morgan fingerprint density at radius 3 is 2.62 bits per heavy atom. The molecule has 1 fully saturated rings. The van der Waals surface area contributed by atoms with Gasteiger partial charge in [-0.15, -0.1) is 0 Å². The van der Waals surface area contributed by atoms with E-state index in [9.17, 15) is 4.79 Å². The van der Waals surface area contributed by atoms with Crippen LogP contribution >= 0.6 is 15.9 Å². The summed E-state index contributed by atoms with van der Waals surface area (Å²) < 4.78 is 0.816. The number of rotatable bonds is 5. The maximum absolute atomic E-state index is 12.2. The molecule has 3 N–H and O–H groups in total. The number of nitrogens with one attached hydrogen (secondary N) is 1. The third-order valence-corrected chi connectivity index (χ3v) is 4.83. The van der Waals surface area contributed by atoms with Gasteiger partial charge in [0.1, 0.15) is 0 Å². The lowest BCUT2D eigenvalue weighted by Gasteiger charge is -2.31. The maximum Gasteiger partial charge on any atom is 0.251 e. The molecule has 0 bridgehead atoms. The van der Waals surface area contributed by atoms with E-state index < -0.39 is 0 Å². The molecule has 1 aliphatic rings. The van der Waals surface area contributed by atoms with Crippen LogP contribution in [-0.2, 0) is 0 Å². The molecule has 0 spiro atoms. The molecule has 1 aliphatic heterocycles. The van der Waals surface area contributed by atoms with Crippen LogP contribution in [-0.4, -0.2) is 36.5 Å². The fourth-order valence-electron chi connectivity index (χ4n) is 2.84. The molecule has 2 rings (SSSR count). The van der Waals surface area contributed by atoms with Crippen molar-refractivity contribution in [2.75, 3.05) is 25.4 Å². The highest BCUT2D eigenvalue weighted by atomic mass is 79.9. The quantitative estimate of drug-likeness (QED) is 0.800. The van der Waals surface area contributed by atoms with E-state index in [2.05, 4.69) is 40.0 Å². The van der Waals surface area contributed by atoms with Gasteiger partial charge in [0.15, 0.2) is 0 Å². The van der Waals surface area contributed by atoms with Crippen molar-refractivity contribution in [3.8, 4) is 0 Å². The van der Waals surface area contributed by atoms with E-state index in [0.29, 0.717) is 29.8 Å². The number of carbonyl (C=O) groups excluding carboxylic acids is 1. The van der Waals surface area contributed by atoms with E-state index in [0.717, 1.165) is 17.6 Å². The molecule has 0 saturated carbocycles. The van der Waals surface area contributed by atoms with Gasteiger partial charge in [0.05, 0.1) is 0 Å². The maximum atomic E-state index is 12.2. The Bertz CT molecular complexity index is 498. The summed E-state index contributed by atoms with van der Waals surface area (Å²) in [4.78, 5) is 14.7. The van der Waals surface area contributed by atoms with Crippen molar-refractivity contribution in [2.24, 2.45) is 5.92 Å². The van der Waals surface area contributed by atoms with E-state index in [1.165, 1.54) is 12.8 Å². The summed E-state index contributed by atoms with van der Waals surface area (Å²) >= 11 is 3.34. The van der Waals surface area contributed by atoms with E-state index >= 15 is 0 Å². The first-order valence-corrected chi connectivity index (χ1v) is 8.35. The number of nitrogens with two attached hydrogens (primary N) is 1. The minimum absolute atomic E-state index is 0.0564. The Hall–Kier alpha value is -1.07. The van der Waals surface area contributed by atoms with Crippen molar-refractivity contribution in [1.29, 1.82) is 0 Å². The molecule has 0 aromatic heterocycles. The average Bonchev–Trinajstić information content (AvgIpc) is 2.95. The Labute approximate surface area is 135 Å². The number of carbonyl (C=O) groups is 1. The van der Waals surface area contributed by atoms with Crippen LogP contribution < -0.4 is 11.1 Å². The molecule has 1 heterocycles. The topological polar surface area (TPSA) is 58.4 Å². The Balaban J connectivity index is 1.96. The standard InChI is InChI=1S/C16H24BrN3O/c1-11(2)15(20-7-3-4-8-20)10-19-16(21)12-5-6-13(17)14(18)9-12/h5-6,9,11,15H,3-4,7-8,10,18H2,1-2H3,(H,19,21). The average molecular weight is 354 g/mol. The third kappa shape index (κ3) is 4.20. The van der Waals surface area contributed by atoms with Crippen LogP contribution in [0.4, 0.5) is 5.69 Å². The first kappa shape index (κ1) is 16.3. The van der Waals surface area contributed by atoms with Gasteiger partial charge in [-0.3, -0.25) is 9.69 Å². The summed E-state index contributed by atoms with van der Waals surface area (Å²) in [6, 6.07) is 5.71. The number of anilines is 1. The van der Waals surface area contributed by atoms with Gasteiger partial charge in [0.25, 0.3) is 5.91 Å². The van der Waals surface area contributed by atoms with Gasteiger partial charge < -0.3 is 11.1 Å². The molecule has 0 aliphatic carbocycles. The summed E-state index contributed by atoms with van der Waals surface area (Å²) in [5, 5.41) is 3.05. The zero-order valence-corrected chi connectivity index (χ0v) is 14.3. The summed E-state index contributed by atoms with van der Waals surface area (Å²) in [6.45, 7) is 7.40. The largest absolute Gasteiger partial charge is 0.398 e. The molecule has 5 heteroatoms. The van der Waals surface area contributed by atoms with Gasteiger partial charge in [0, 0.05) is 28.3 Å². The number of hydrogen-bond donors (Lipinski definition) is 2. The predicted octanol–water partition coefficient (Wildman–Crippen LogP) is 2.88. The molecule has 1 amide bonds. The zero-order valence-electron chi connectivity index (χ0n) is 12.7. The minimum atomic E-state index is -0.0564. The molecule has 0 radical (unpaired) electrons. The van der Waals surface area contributed by atoms with Gasteiger partial charge in [-0.25, -0.2) is 0 Å². The number of benzene rings is 1. The molecular formula is C16H24BrN3O. The fourth-order valence-corrected chi connectivity index (χ4v) is 3.09. The number of hydrogen-bond acceptors (Lipinski definition) is 3. The van der Waals surface area contributed by atoms with Crippen LogP contribution in [0.5, 0.6) is 0 Å². The van der Waals surface area contributed by atoms with Crippen LogP contribution in [0.3, 0.4) is 0 Å². The van der Waals surface area contributed by atoms with E-state index in [1.54, 1.807) is 12.1 Å². The second-order valence-electron chi connectivity index (χ2n) is 6.00. The first-order chi connectivity index (χ1) is 9.99. The van der Waals surface area contributed by atoms with Gasteiger partial charge in [-0.1, -0.05) is 13.8 Å². The second kappa shape index (κ2) is 7.27. The van der Waals surface area contributed by atoms with Crippen molar-refractivity contribution in [2.45, 2.75) is 32.7 Å². The predicted molar refractivity (Wildman–Crippen MR) is 90.3 cm³/mol.